The largest absolute Gasteiger partial charge is 0.361 e. The highest BCUT2D eigenvalue weighted by Crippen LogP contribution is 2.19. The number of aromatic amines is 1. The number of H-pyrrole nitrogens is 1. The molecule has 1 N–H and O–H groups in total. The number of nitrogens with zero attached hydrogens (tertiary/aromatic N) is 3. The molecule has 27 heavy (non-hydrogen) atoms. The topological polar surface area (TPSA) is 76.7 Å². The van der Waals surface area contributed by atoms with Gasteiger partial charge < -0.3 is 14.8 Å². The number of carbonyl (C=O) groups excluding carboxylic acids is 1. The number of rotatable bonds is 7. The molecule has 3 rings (SSSR count). The van der Waals surface area contributed by atoms with E-state index in [-0.39, 0.29) is 18.9 Å². The van der Waals surface area contributed by atoms with Crippen LogP contribution in [0.15, 0.2) is 30.5 Å². The lowest BCUT2D eigenvalue weighted by Crippen LogP contribution is -2.48. The Morgan fingerprint density at radius 1 is 1.15 bits per heavy atom. The van der Waals surface area contributed by atoms with Crippen molar-refractivity contribution in [1.29, 1.82) is 0 Å². The standard InChI is InChI=1S/C19H28N4O3S/c1-21-11-13-22(14-12-21)19(24)8-10-23(27(2,25)26)9-7-16-15-20-18-6-4-3-5-17(16)18/h3-6,15,20H,7-14H2,1-2H3. The first-order valence-corrected chi connectivity index (χ1v) is 11.2. The molecule has 0 bridgehead atoms. The molecule has 1 aromatic carbocycles. The van der Waals surface area contributed by atoms with E-state index < -0.39 is 10.0 Å². The van der Waals surface area contributed by atoms with Crippen LogP contribution in [0.25, 0.3) is 10.9 Å². The fourth-order valence-corrected chi connectivity index (χ4v) is 4.31. The second kappa shape index (κ2) is 8.41. The average Bonchev–Trinajstić information content (AvgIpc) is 3.04. The number of benzene rings is 1. The predicted molar refractivity (Wildman–Crippen MR) is 107 cm³/mol. The van der Waals surface area contributed by atoms with E-state index in [1.165, 1.54) is 10.6 Å². The molecule has 7 nitrogen and oxygen atoms in total. The fraction of sp³-hybridized carbons (Fsp3) is 0.526. The third kappa shape index (κ3) is 5.09. The van der Waals surface area contributed by atoms with Crippen molar-refractivity contribution in [3.8, 4) is 0 Å². The summed E-state index contributed by atoms with van der Waals surface area (Å²) < 4.78 is 25.8. The minimum Gasteiger partial charge on any atom is -0.361 e. The molecule has 1 aliphatic rings. The molecule has 0 atom stereocenters. The number of para-hydroxylation sites is 1. The number of amides is 1. The fourth-order valence-electron chi connectivity index (χ4n) is 3.46. The van der Waals surface area contributed by atoms with Crippen LogP contribution in [0, 0.1) is 0 Å². The maximum atomic E-state index is 12.4. The van der Waals surface area contributed by atoms with Crippen molar-refractivity contribution in [2.75, 3.05) is 52.6 Å². The van der Waals surface area contributed by atoms with Crippen molar-refractivity contribution < 1.29 is 13.2 Å². The molecule has 2 heterocycles. The summed E-state index contributed by atoms with van der Waals surface area (Å²) in [5.41, 5.74) is 2.13. The zero-order valence-electron chi connectivity index (χ0n) is 16.0. The van der Waals surface area contributed by atoms with Crippen molar-refractivity contribution in [3.63, 3.8) is 0 Å². The highest BCUT2D eigenvalue weighted by atomic mass is 32.2. The van der Waals surface area contributed by atoms with Gasteiger partial charge in [-0.2, -0.15) is 0 Å². The zero-order valence-corrected chi connectivity index (χ0v) is 16.8. The van der Waals surface area contributed by atoms with Crippen molar-refractivity contribution in [2.24, 2.45) is 0 Å². The monoisotopic (exact) mass is 392 g/mol. The summed E-state index contributed by atoms with van der Waals surface area (Å²) in [6.07, 6.45) is 3.98. The van der Waals surface area contributed by atoms with Gasteiger partial charge in [-0.05, 0) is 25.1 Å². The van der Waals surface area contributed by atoms with Crippen LogP contribution in [-0.4, -0.2) is 86.0 Å². The van der Waals surface area contributed by atoms with Crippen LogP contribution in [0.3, 0.4) is 0 Å². The van der Waals surface area contributed by atoms with Crippen molar-refractivity contribution in [3.05, 3.63) is 36.0 Å². The first-order valence-electron chi connectivity index (χ1n) is 9.31. The van der Waals surface area contributed by atoms with Crippen molar-refractivity contribution in [2.45, 2.75) is 12.8 Å². The Bertz CT molecular complexity index is 885. The molecule has 1 fully saturated rings. The summed E-state index contributed by atoms with van der Waals surface area (Å²) in [6.45, 7) is 3.75. The van der Waals surface area contributed by atoms with E-state index in [2.05, 4.69) is 9.88 Å². The number of hydrogen-bond acceptors (Lipinski definition) is 4. The van der Waals surface area contributed by atoms with Gasteiger partial charge in [-0.25, -0.2) is 12.7 Å². The summed E-state index contributed by atoms with van der Waals surface area (Å²) in [5, 5.41) is 1.11. The Labute approximate surface area is 161 Å². The highest BCUT2D eigenvalue weighted by Gasteiger charge is 2.22. The van der Waals surface area contributed by atoms with Crippen LogP contribution in [0.1, 0.15) is 12.0 Å². The highest BCUT2D eigenvalue weighted by molar-refractivity contribution is 7.88. The van der Waals surface area contributed by atoms with Gasteiger partial charge in [0.1, 0.15) is 0 Å². The van der Waals surface area contributed by atoms with E-state index in [1.807, 2.05) is 42.4 Å². The molecular weight excluding hydrogens is 364 g/mol. The Hall–Kier alpha value is -1.90. The van der Waals surface area contributed by atoms with Crippen LogP contribution in [0.4, 0.5) is 0 Å². The predicted octanol–water partition coefficient (Wildman–Crippen LogP) is 1.14. The van der Waals surface area contributed by atoms with Crippen LogP contribution >= 0.6 is 0 Å². The maximum absolute atomic E-state index is 12.4. The van der Waals surface area contributed by atoms with Gasteiger partial charge in [0.25, 0.3) is 0 Å². The van der Waals surface area contributed by atoms with Crippen molar-refractivity contribution >= 4 is 26.8 Å². The third-order valence-corrected chi connectivity index (χ3v) is 6.51. The lowest BCUT2D eigenvalue weighted by atomic mass is 10.1. The van der Waals surface area contributed by atoms with Crippen LogP contribution in [0.5, 0.6) is 0 Å². The third-order valence-electron chi connectivity index (χ3n) is 5.21. The Balaban J connectivity index is 1.58. The van der Waals surface area contributed by atoms with Crippen LogP contribution in [0.2, 0.25) is 0 Å². The quantitative estimate of drug-likeness (QED) is 0.767. The van der Waals surface area contributed by atoms with Gasteiger partial charge in [0.2, 0.25) is 15.9 Å². The van der Waals surface area contributed by atoms with Gasteiger partial charge in [-0.15, -0.1) is 0 Å². The van der Waals surface area contributed by atoms with Crippen molar-refractivity contribution in [1.82, 2.24) is 19.1 Å². The molecule has 0 saturated carbocycles. The summed E-state index contributed by atoms with van der Waals surface area (Å²) >= 11 is 0. The zero-order chi connectivity index (χ0) is 19.4. The van der Waals surface area contributed by atoms with Crippen LogP contribution < -0.4 is 0 Å². The molecule has 148 valence electrons. The average molecular weight is 393 g/mol. The van der Waals surface area contributed by atoms with Crippen LogP contribution in [-0.2, 0) is 21.2 Å². The molecule has 8 heteroatoms. The van der Waals surface area contributed by atoms with E-state index in [4.69, 9.17) is 0 Å². The first kappa shape index (κ1) is 19.9. The first-order chi connectivity index (χ1) is 12.8. The maximum Gasteiger partial charge on any atom is 0.223 e. The van der Waals surface area contributed by atoms with E-state index >= 15 is 0 Å². The van der Waals surface area contributed by atoms with Gasteiger partial charge in [-0.3, -0.25) is 4.79 Å². The molecule has 2 aromatic rings. The number of fused-ring (bicyclic) bond motifs is 1. The number of nitrogens with one attached hydrogen (secondary N) is 1. The molecule has 1 aromatic heterocycles. The Morgan fingerprint density at radius 3 is 2.56 bits per heavy atom. The summed E-state index contributed by atoms with van der Waals surface area (Å²) in [6, 6.07) is 7.98. The molecule has 0 spiro atoms. The second-order valence-corrected chi connectivity index (χ2v) is 9.19. The number of hydrogen-bond donors (Lipinski definition) is 1. The Kier molecular flexibility index (Phi) is 6.18. The second-order valence-electron chi connectivity index (χ2n) is 7.21. The molecular formula is C19H28N4O3S. The lowest BCUT2D eigenvalue weighted by molar-refractivity contribution is -0.132. The minimum atomic E-state index is -3.36. The van der Waals surface area contributed by atoms with Gasteiger partial charge in [0.05, 0.1) is 6.26 Å². The lowest BCUT2D eigenvalue weighted by Gasteiger charge is -2.33. The molecule has 0 radical (unpaired) electrons. The van der Waals surface area contributed by atoms with Gasteiger partial charge >= 0.3 is 0 Å². The number of carbonyl (C=O) groups is 1. The summed E-state index contributed by atoms with van der Waals surface area (Å²) in [7, 11) is -1.32. The SMILES string of the molecule is CN1CCN(C(=O)CCN(CCc2c[nH]c3ccccc23)S(C)(=O)=O)CC1. The summed E-state index contributed by atoms with van der Waals surface area (Å²) in [5.74, 6) is 0.0313. The van der Waals surface area contributed by atoms with E-state index in [0.29, 0.717) is 26.1 Å². The smallest absolute Gasteiger partial charge is 0.223 e. The normalized spacial score (nSPS) is 16.3. The Morgan fingerprint density at radius 2 is 1.85 bits per heavy atom. The molecule has 1 aliphatic heterocycles. The number of aromatic nitrogens is 1. The molecule has 1 saturated heterocycles. The van der Waals surface area contributed by atoms with E-state index in [0.717, 1.165) is 29.6 Å². The number of likely N-dealkylation sites (N-methyl/N-ethyl adjacent to an activating group) is 1. The number of sulfonamides is 1. The molecule has 0 aliphatic carbocycles. The number of piperazine rings is 1. The van der Waals surface area contributed by atoms with E-state index in [9.17, 15) is 13.2 Å². The molecule has 0 unspecified atom stereocenters. The van der Waals surface area contributed by atoms with Gasteiger partial charge in [-0.1, -0.05) is 18.2 Å². The summed E-state index contributed by atoms with van der Waals surface area (Å²) in [4.78, 5) is 19.7. The van der Waals surface area contributed by atoms with Gasteiger partial charge in [0.15, 0.2) is 0 Å². The van der Waals surface area contributed by atoms with Gasteiger partial charge in [0, 0.05) is 62.8 Å². The van der Waals surface area contributed by atoms with E-state index in [1.54, 1.807) is 0 Å². The minimum absolute atomic E-state index is 0.0313. The molecule has 1 amide bonds.